The second-order valence-electron chi connectivity index (χ2n) is 4.62. The number of carbonyl (C=O) groups is 3. The number of benzene rings is 1. The molecule has 108 valence electrons. The minimum Gasteiger partial charge on any atom is -0.480 e. The van der Waals surface area contributed by atoms with Gasteiger partial charge in [-0.3, -0.25) is 9.59 Å². The zero-order chi connectivity index (χ0) is 15.1. The SMILES string of the molecule is Cc1cccc(CCC(=O)NC(CC(N)=O)C(=O)O)c1. The van der Waals surface area contributed by atoms with Gasteiger partial charge in [-0.1, -0.05) is 29.8 Å². The van der Waals surface area contributed by atoms with Crippen LogP contribution in [-0.2, 0) is 20.8 Å². The van der Waals surface area contributed by atoms with E-state index < -0.39 is 30.2 Å². The molecule has 6 nitrogen and oxygen atoms in total. The topological polar surface area (TPSA) is 109 Å². The Morgan fingerprint density at radius 3 is 2.60 bits per heavy atom. The van der Waals surface area contributed by atoms with Gasteiger partial charge >= 0.3 is 5.97 Å². The van der Waals surface area contributed by atoms with E-state index >= 15 is 0 Å². The van der Waals surface area contributed by atoms with E-state index in [9.17, 15) is 14.4 Å². The van der Waals surface area contributed by atoms with Crippen molar-refractivity contribution in [2.45, 2.75) is 32.2 Å². The Morgan fingerprint density at radius 1 is 1.35 bits per heavy atom. The molecule has 0 heterocycles. The second kappa shape index (κ2) is 7.28. The quantitative estimate of drug-likeness (QED) is 0.669. The fourth-order valence-corrected chi connectivity index (χ4v) is 1.79. The molecule has 1 rings (SSSR count). The number of primary amides is 1. The van der Waals surface area contributed by atoms with E-state index in [1.165, 1.54) is 0 Å². The molecule has 0 fully saturated rings. The molecule has 2 amide bonds. The van der Waals surface area contributed by atoms with Gasteiger partial charge in [0.2, 0.25) is 11.8 Å². The summed E-state index contributed by atoms with van der Waals surface area (Å²) in [5.74, 6) is -2.45. The minimum absolute atomic E-state index is 0.159. The zero-order valence-corrected chi connectivity index (χ0v) is 11.3. The fraction of sp³-hybridized carbons (Fsp3) is 0.357. The Bertz CT molecular complexity index is 514. The molecule has 20 heavy (non-hydrogen) atoms. The predicted molar refractivity (Wildman–Crippen MR) is 72.9 cm³/mol. The maximum Gasteiger partial charge on any atom is 0.326 e. The molecular formula is C14H18N2O4. The van der Waals surface area contributed by atoms with Crippen LogP contribution in [0.25, 0.3) is 0 Å². The number of hydrogen-bond acceptors (Lipinski definition) is 3. The lowest BCUT2D eigenvalue weighted by atomic mass is 10.1. The van der Waals surface area contributed by atoms with E-state index in [-0.39, 0.29) is 6.42 Å². The van der Waals surface area contributed by atoms with Crippen molar-refractivity contribution in [3.05, 3.63) is 35.4 Å². The van der Waals surface area contributed by atoms with E-state index in [1.807, 2.05) is 31.2 Å². The highest BCUT2D eigenvalue weighted by Gasteiger charge is 2.21. The summed E-state index contributed by atoms with van der Waals surface area (Å²) in [6.45, 7) is 1.96. The summed E-state index contributed by atoms with van der Waals surface area (Å²) in [5, 5.41) is 11.2. The average molecular weight is 278 g/mol. The fourth-order valence-electron chi connectivity index (χ4n) is 1.79. The van der Waals surface area contributed by atoms with E-state index in [4.69, 9.17) is 10.8 Å². The Balaban J connectivity index is 2.49. The molecule has 0 aliphatic heterocycles. The lowest BCUT2D eigenvalue weighted by Crippen LogP contribution is -2.43. The van der Waals surface area contributed by atoms with Crippen LogP contribution in [-0.4, -0.2) is 28.9 Å². The second-order valence-corrected chi connectivity index (χ2v) is 4.62. The molecule has 0 spiro atoms. The Kier molecular flexibility index (Phi) is 5.71. The molecular weight excluding hydrogens is 260 g/mol. The normalized spacial score (nSPS) is 11.7. The van der Waals surface area contributed by atoms with Crippen molar-refractivity contribution in [2.24, 2.45) is 5.73 Å². The largest absolute Gasteiger partial charge is 0.480 e. The number of nitrogens with one attached hydrogen (secondary N) is 1. The molecule has 0 aliphatic carbocycles. The molecule has 0 saturated carbocycles. The standard InChI is InChI=1S/C14H18N2O4/c1-9-3-2-4-10(7-9)5-6-13(18)16-11(14(19)20)8-12(15)17/h2-4,7,11H,5-6,8H2,1H3,(H2,15,17)(H,16,18)(H,19,20). The molecule has 4 N–H and O–H groups in total. The van der Waals surface area contributed by atoms with E-state index in [0.717, 1.165) is 11.1 Å². The monoisotopic (exact) mass is 278 g/mol. The van der Waals surface area contributed by atoms with Crippen molar-refractivity contribution in [1.29, 1.82) is 0 Å². The summed E-state index contributed by atoms with van der Waals surface area (Å²) in [5.41, 5.74) is 7.03. The van der Waals surface area contributed by atoms with Gasteiger partial charge in [0.25, 0.3) is 0 Å². The Hall–Kier alpha value is -2.37. The van der Waals surface area contributed by atoms with Crippen LogP contribution in [0.4, 0.5) is 0 Å². The van der Waals surface area contributed by atoms with Gasteiger partial charge in [-0.05, 0) is 18.9 Å². The number of carbonyl (C=O) groups excluding carboxylic acids is 2. The third-order valence-electron chi connectivity index (χ3n) is 2.76. The van der Waals surface area contributed by atoms with Crippen molar-refractivity contribution in [1.82, 2.24) is 5.32 Å². The first-order valence-electron chi connectivity index (χ1n) is 6.24. The first-order valence-corrected chi connectivity index (χ1v) is 6.24. The van der Waals surface area contributed by atoms with E-state index in [0.29, 0.717) is 6.42 Å². The molecule has 0 aliphatic rings. The van der Waals surface area contributed by atoms with Crippen molar-refractivity contribution >= 4 is 17.8 Å². The molecule has 1 unspecified atom stereocenters. The summed E-state index contributed by atoms with van der Waals surface area (Å²) in [6, 6.07) is 6.45. The van der Waals surface area contributed by atoms with Crippen LogP contribution in [0.1, 0.15) is 24.0 Å². The summed E-state index contributed by atoms with van der Waals surface area (Å²) in [4.78, 5) is 33.3. The maximum atomic E-state index is 11.7. The van der Waals surface area contributed by atoms with Crippen molar-refractivity contribution in [2.75, 3.05) is 0 Å². The molecule has 1 aromatic rings. The molecule has 6 heteroatoms. The number of aryl methyl sites for hydroxylation is 2. The number of hydrogen-bond donors (Lipinski definition) is 3. The summed E-state index contributed by atoms with van der Waals surface area (Å²) in [7, 11) is 0. The van der Waals surface area contributed by atoms with E-state index in [2.05, 4.69) is 5.32 Å². The smallest absolute Gasteiger partial charge is 0.326 e. The van der Waals surface area contributed by atoms with Crippen molar-refractivity contribution in [3.8, 4) is 0 Å². The van der Waals surface area contributed by atoms with Crippen LogP contribution in [0, 0.1) is 6.92 Å². The molecule has 0 bridgehead atoms. The lowest BCUT2D eigenvalue weighted by Gasteiger charge is -2.12. The van der Waals surface area contributed by atoms with Gasteiger partial charge in [-0.2, -0.15) is 0 Å². The number of rotatable bonds is 7. The Labute approximate surface area is 117 Å². The predicted octanol–water partition coefficient (Wildman–Crippen LogP) is 0.372. The summed E-state index contributed by atoms with van der Waals surface area (Å²) >= 11 is 0. The van der Waals surface area contributed by atoms with Crippen LogP contribution in [0.15, 0.2) is 24.3 Å². The highest BCUT2D eigenvalue weighted by atomic mass is 16.4. The summed E-state index contributed by atoms with van der Waals surface area (Å²) in [6.07, 6.45) is 0.258. The van der Waals surface area contributed by atoms with Gasteiger partial charge in [-0.15, -0.1) is 0 Å². The number of amides is 2. The number of nitrogens with two attached hydrogens (primary N) is 1. The van der Waals surface area contributed by atoms with Gasteiger partial charge in [0.1, 0.15) is 6.04 Å². The number of aliphatic carboxylic acids is 1. The third-order valence-corrected chi connectivity index (χ3v) is 2.76. The molecule has 0 radical (unpaired) electrons. The highest BCUT2D eigenvalue weighted by molar-refractivity contribution is 5.88. The van der Waals surface area contributed by atoms with Gasteiger partial charge in [0, 0.05) is 6.42 Å². The van der Waals surface area contributed by atoms with Gasteiger partial charge in [0.05, 0.1) is 6.42 Å². The molecule has 0 saturated heterocycles. The number of carboxylic acid groups (broad SMARTS) is 1. The number of carboxylic acids is 1. The van der Waals surface area contributed by atoms with Gasteiger partial charge in [-0.25, -0.2) is 4.79 Å². The first-order chi connectivity index (χ1) is 9.38. The van der Waals surface area contributed by atoms with E-state index in [1.54, 1.807) is 0 Å². The lowest BCUT2D eigenvalue weighted by molar-refractivity contribution is -0.143. The first kappa shape index (κ1) is 15.7. The van der Waals surface area contributed by atoms with Gasteiger partial charge in [0.15, 0.2) is 0 Å². The van der Waals surface area contributed by atoms with Crippen LogP contribution >= 0.6 is 0 Å². The van der Waals surface area contributed by atoms with Crippen molar-refractivity contribution < 1.29 is 19.5 Å². The van der Waals surface area contributed by atoms with Crippen molar-refractivity contribution in [3.63, 3.8) is 0 Å². The summed E-state index contributed by atoms with van der Waals surface area (Å²) < 4.78 is 0. The van der Waals surface area contributed by atoms with Gasteiger partial charge < -0.3 is 16.2 Å². The average Bonchev–Trinajstić information content (AvgIpc) is 2.35. The zero-order valence-electron chi connectivity index (χ0n) is 11.3. The molecule has 1 atom stereocenters. The highest BCUT2D eigenvalue weighted by Crippen LogP contribution is 2.06. The minimum atomic E-state index is -1.27. The molecule has 0 aromatic heterocycles. The third kappa shape index (κ3) is 5.51. The van der Waals surface area contributed by atoms with Crippen LogP contribution in [0.5, 0.6) is 0 Å². The van der Waals surface area contributed by atoms with Crippen LogP contribution < -0.4 is 11.1 Å². The van der Waals surface area contributed by atoms with Crippen LogP contribution in [0.2, 0.25) is 0 Å². The van der Waals surface area contributed by atoms with Crippen LogP contribution in [0.3, 0.4) is 0 Å². The maximum absolute atomic E-state index is 11.7. The Morgan fingerprint density at radius 2 is 2.05 bits per heavy atom. The molecule has 1 aromatic carbocycles.